The number of rotatable bonds is 10. The van der Waals surface area contributed by atoms with Crippen molar-refractivity contribution in [3.8, 4) is 0 Å². The number of carbonyl (C=O) groups is 1. The number of nitrogens with one attached hydrogen (secondary N) is 2. The standard InChI is InChI=1S/C24H32ClN3O3S/c1-19-8-7-15-28(18-19)14-6-5-13-26-24(29)21-11-12-22(25)23(16-21)32(30,31)27-17-20-9-3-2-4-10-20/h2-4,9-12,16,19,27H,5-8,13-15,17-18H2,1H3,(H,26,29). The maximum atomic E-state index is 12.7. The molecule has 1 unspecified atom stereocenters. The molecule has 8 heteroatoms. The Bertz CT molecular complexity index is 999. The van der Waals surface area contributed by atoms with E-state index in [4.69, 9.17) is 11.6 Å². The van der Waals surface area contributed by atoms with Gasteiger partial charge in [0.2, 0.25) is 10.0 Å². The number of hydrogen-bond donors (Lipinski definition) is 2. The number of benzene rings is 2. The highest BCUT2D eigenvalue weighted by atomic mass is 35.5. The van der Waals surface area contributed by atoms with Gasteiger partial charge in [0.15, 0.2) is 0 Å². The van der Waals surface area contributed by atoms with Crippen molar-refractivity contribution in [3.05, 3.63) is 64.7 Å². The van der Waals surface area contributed by atoms with Crippen molar-refractivity contribution in [2.24, 2.45) is 5.92 Å². The molecular formula is C24H32ClN3O3S. The first-order valence-corrected chi connectivity index (χ1v) is 13.0. The van der Waals surface area contributed by atoms with Gasteiger partial charge in [0.1, 0.15) is 4.90 Å². The molecule has 1 atom stereocenters. The van der Waals surface area contributed by atoms with Gasteiger partial charge in [0, 0.05) is 25.2 Å². The van der Waals surface area contributed by atoms with Crippen molar-refractivity contribution < 1.29 is 13.2 Å². The summed E-state index contributed by atoms with van der Waals surface area (Å²) < 4.78 is 28.0. The maximum absolute atomic E-state index is 12.7. The van der Waals surface area contributed by atoms with Crippen LogP contribution in [0, 0.1) is 5.92 Å². The van der Waals surface area contributed by atoms with E-state index in [0.29, 0.717) is 6.54 Å². The summed E-state index contributed by atoms with van der Waals surface area (Å²) in [4.78, 5) is 14.9. The third-order valence-electron chi connectivity index (χ3n) is 5.72. The summed E-state index contributed by atoms with van der Waals surface area (Å²) in [5.41, 5.74) is 1.11. The molecule has 6 nitrogen and oxygen atoms in total. The highest BCUT2D eigenvalue weighted by Crippen LogP contribution is 2.23. The zero-order valence-corrected chi connectivity index (χ0v) is 20.1. The van der Waals surface area contributed by atoms with Crippen LogP contribution in [-0.2, 0) is 16.6 Å². The molecule has 0 aromatic heterocycles. The van der Waals surface area contributed by atoms with Crippen molar-refractivity contribution in [2.75, 3.05) is 26.2 Å². The molecule has 0 bridgehead atoms. The van der Waals surface area contributed by atoms with Crippen LogP contribution in [0.1, 0.15) is 48.5 Å². The molecule has 2 aromatic rings. The number of nitrogens with zero attached hydrogens (tertiary/aromatic N) is 1. The second kappa shape index (κ2) is 11.8. The smallest absolute Gasteiger partial charge is 0.251 e. The number of unbranched alkanes of at least 4 members (excludes halogenated alkanes) is 1. The average molecular weight is 478 g/mol. The van der Waals surface area contributed by atoms with Crippen molar-refractivity contribution in [1.29, 1.82) is 0 Å². The molecule has 2 N–H and O–H groups in total. The maximum Gasteiger partial charge on any atom is 0.251 e. The zero-order chi connectivity index (χ0) is 23.0. The molecule has 0 saturated carbocycles. The van der Waals surface area contributed by atoms with Gasteiger partial charge in [-0.3, -0.25) is 4.79 Å². The third-order valence-corrected chi connectivity index (χ3v) is 7.60. The second-order valence-corrected chi connectivity index (χ2v) is 10.6. The topological polar surface area (TPSA) is 78.5 Å². The first kappa shape index (κ1) is 24.7. The van der Waals surface area contributed by atoms with E-state index >= 15 is 0 Å². The van der Waals surface area contributed by atoms with Gasteiger partial charge in [0.05, 0.1) is 5.02 Å². The number of carbonyl (C=O) groups excluding carboxylic acids is 1. The van der Waals surface area contributed by atoms with Crippen LogP contribution < -0.4 is 10.0 Å². The Morgan fingerprint density at radius 3 is 2.69 bits per heavy atom. The summed E-state index contributed by atoms with van der Waals surface area (Å²) in [6.07, 6.45) is 4.48. The van der Waals surface area contributed by atoms with Crippen molar-refractivity contribution in [1.82, 2.24) is 14.9 Å². The highest BCUT2D eigenvalue weighted by molar-refractivity contribution is 7.89. The fourth-order valence-corrected chi connectivity index (χ4v) is 5.50. The lowest BCUT2D eigenvalue weighted by atomic mass is 10.0. The number of halogens is 1. The number of piperidine rings is 1. The van der Waals surface area contributed by atoms with E-state index in [1.165, 1.54) is 25.0 Å². The number of sulfonamides is 1. The van der Waals surface area contributed by atoms with E-state index < -0.39 is 10.0 Å². The summed E-state index contributed by atoms with van der Waals surface area (Å²) in [6, 6.07) is 13.5. The minimum absolute atomic E-state index is 0.0814. The quantitative estimate of drug-likeness (QED) is 0.506. The van der Waals surface area contributed by atoms with Crippen LogP contribution in [0.15, 0.2) is 53.4 Å². The lowest BCUT2D eigenvalue weighted by Gasteiger charge is -2.30. The Kier molecular flexibility index (Phi) is 9.11. The van der Waals surface area contributed by atoms with Gasteiger partial charge >= 0.3 is 0 Å². The van der Waals surface area contributed by atoms with Crippen LogP contribution in [0.25, 0.3) is 0 Å². The SMILES string of the molecule is CC1CCCN(CCCCNC(=O)c2ccc(Cl)c(S(=O)(=O)NCc3ccccc3)c2)C1. The van der Waals surface area contributed by atoms with Gasteiger partial charge in [-0.1, -0.05) is 48.9 Å². The molecule has 0 aliphatic carbocycles. The van der Waals surface area contributed by atoms with Crippen LogP contribution in [0.3, 0.4) is 0 Å². The van der Waals surface area contributed by atoms with Crippen molar-refractivity contribution in [2.45, 2.75) is 44.0 Å². The normalized spacial score (nSPS) is 17.2. The molecule has 174 valence electrons. The van der Waals surface area contributed by atoms with Crippen LogP contribution in [0.2, 0.25) is 5.02 Å². The van der Waals surface area contributed by atoms with Crippen LogP contribution in [0.4, 0.5) is 0 Å². The lowest BCUT2D eigenvalue weighted by molar-refractivity contribution is 0.0952. The second-order valence-electron chi connectivity index (χ2n) is 8.47. The number of hydrogen-bond acceptors (Lipinski definition) is 4. The summed E-state index contributed by atoms with van der Waals surface area (Å²) in [7, 11) is -3.86. The highest BCUT2D eigenvalue weighted by Gasteiger charge is 2.20. The molecule has 2 aromatic carbocycles. The molecule has 1 aliphatic rings. The summed E-state index contributed by atoms with van der Waals surface area (Å²) >= 11 is 6.14. The van der Waals surface area contributed by atoms with E-state index in [1.807, 2.05) is 30.3 Å². The molecule has 1 saturated heterocycles. The molecule has 0 radical (unpaired) electrons. The minimum atomic E-state index is -3.86. The van der Waals surface area contributed by atoms with E-state index in [1.54, 1.807) is 6.07 Å². The van der Waals surface area contributed by atoms with Crippen LogP contribution in [-0.4, -0.2) is 45.4 Å². The van der Waals surface area contributed by atoms with Gasteiger partial charge in [-0.25, -0.2) is 13.1 Å². The lowest BCUT2D eigenvalue weighted by Crippen LogP contribution is -2.35. The van der Waals surface area contributed by atoms with Crippen LogP contribution in [0.5, 0.6) is 0 Å². The van der Waals surface area contributed by atoms with Crippen molar-refractivity contribution in [3.63, 3.8) is 0 Å². The summed E-state index contributed by atoms with van der Waals surface area (Å²) in [5, 5.41) is 2.97. The Morgan fingerprint density at radius 2 is 1.94 bits per heavy atom. The Morgan fingerprint density at radius 1 is 1.16 bits per heavy atom. The number of amides is 1. The minimum Gasteiger partial charge on any atom is -0.352 e. The molecule has 1 fully saturated rings. The van der Waals surface area contributed by atoms with Gasteiger partial charge < -0.3 is 10.2 Å². The molecule has 1 aliphatic heterocycles. The van der Waals surface area contributed by atoms with Crippen molar-refractivity contribution >= 4 is 27.5 Å². The zero-order valence-electron chi connectivity index (χ0n) is 18.5. The first-order chi connectivity index (χ1) is 15.3. The Balaban J connectivity index is 1.50. The molecule has 3 rings (SSSR count). The third kappa shape index (κ3) is 7.30. The van der Waals surface area contributed by atoms with Gasteiger partial charge in [-0.05, 0) is 68.5 Å². The Hall–Kier alpha value is -1.93. The molecular weight excluding hydrogens is 446 g/mol. The molecule has 0 spiro atoms. The van der Waals surface area contributed by atoms with Crippen LogP contribution >= 0.6 is 11.6 Å². The molecule has 1 amide bonds. The Labute approximate surface area is 196 Å². The molecule has 1 heterocycles. The fourth-order valence-electron chi connectivity index (χ4n) is 3.96. The number of likely N-dealkylation sites (tertiary alicyclic amines) is 1. The largest absolute Gasteiger partial charge is 0.352 e. The van der Waals surface area contributed by atoms with E-state index in [9.17, 15) is 13.2 Å². The monoisotopic (exact) mass is 477 g/mol. The van der Waals surface area contributed by atoms with E-state index in [2.05, 4.69) is 21.9 Å². The fraction of sp³-hybridized carbons (Fsp3) is 0.458. The average Bonchev–Trinajstić information content (AvgIpc) is 2.78. The molecule has 32 heavy (non-hydrogen) atoms. The summed E-state index contributed by atoms with van der Waals surface area (Å²) in [5.74, 6) is 0.466. The summed E-state index contributed by atoms with van der Waals surface area (Å²) in [6.45, 7) is 6.37. The predicted molar refractivity (Wildman–Crippen MR) is 128 cm³/mol. The van der Waals surface area contributed by atoms with Gasteiger partial charge in [-0.2, -0.15) is 0 Å². The van der Waals surface area contributed by atoms with Gasteiger partial charge in [0.25, 0.3) is 5.91 Å². The van der Waals surface area contributed by atoms with E-state index in [0.717, 1.165) is 44.0 Å². The predicted octanol–water partition coefficient (Wildman–Crippen LogP) is 4.06. The first-order valence-electron chi connectivity index (χ1n) is 11.2. The van der Waals surface area contributed by atoms with Gasteiger partial charge in [-0.15, -0.1) is 0 Å². The van der Waals surface area contributed by atoms with E-state index in [-0.39, 0.29) is 27.9 Å².